The van der Waals surface area contributed by atoms with Gasteiger partial charge >= 0.3 is 0 Å². The van der Waals surface area contributed by atoms with Gasteiger partial charge in [0.1, 0.15) is 5.78 Å². The van der Waals surface area contributed by atoms with Gasteiger partial charge in [0, 0.05) is 18.4 Å². The van der Waals surface area contributed by atoms with Gasteiger partial charge in [-0.05, 0) is 23.3 Å². The third kappa shape index (κ3) is 4.07. The number of carbonyl (C=O) groups is 1. The third-order valence-corrected chi connectivity index (χ3v) is 4.33. The maximum absolute atomic E-state index is 12.4. The van der Waals surface area contributed by atoms with Crippen LogP contribution in [0.4, 0.5) is 0 Å². The van der Waals surface area contributed by atoms with Gasteiger partial charge < -0.3 is 5.73 Å². The molecule has 0 bridgehead atoms. The predicted octanol–water partition coefficient (Wildman–Crippen LogP) is 4.44. The minimum Gasteiger partial charge on any atom is -0.323 e. The Morgan fingerprint density at radius 1 is 1.10 bits per heavy atom. The maximum atomic E-state index is 12.4. The zero-order chi connectivity index (χ0) is 15.4. The predicted molar refractivity (Wildman–Crippen MR) is 87.7 cm³/mol. The van der Waals surface area contributed by atoms with Crippen LogP contribution in [0.1, 0.15) is 24.1 Å². The van der Waals surface area contributed by atoms with Crippen molar-refractivity contribution in [1.29, 1.82) is 0 Å². The van der Waals surface area contributed by atoms with Crippen LogP contribution in [-0.2, 0) is 11.2 Å². The average molecular weight is 322 g/mol. The number of ketones is 1. The first-order chi connectivity index (χ1) is 9.99. The molecular formula is C17H17Cl2NO. The van der Waals surface area contributed by atoms with Gasteiger partial charge in [-0.25, -0.2) is 0 Å². The van der Waals surface area contributed by atoms with Gasteiger partial charge in [0.2, 0.25) is 0 Å². The molecule has 0 aliphatic rings. The Labute approximate surface area is 134 Å². The molecule has 2 nitrogen and oxygen atoms in total. The minimum atomic E-state index is -0.304. The van der Waals surface area contributed by atoms with E-state index < -0.39 is 0 Å². The van der Waals surface area contributed by atoms with Crippen LogP contribution < -0.4 is 5.73 Å². The highest BCUT2D eigenvalue weighted by Gasteiger charge is 2.22. The van der Waals surface area contributed by atoms with Crippen molar-refractivity contribution in [2.75, 3.05) is 0 Å². The first-order valence-corrected chi connectivity index (χ1v) is 7.52. The fraction of sp³-hybridized carbons (Fsp3) is 0.235. The SMILES string of the molecule is CC(C(=O)Cc1ccc(Cl)c(Cl)c1)C(N)c1ccccc1. The van der Waals surface area contributed by atoms with E-state index in [1.807, 2.05) is 43.3 Å². The number of Topliss-reactive ketones (excluding diaryl/α,β-unsaturated/α-hetero) is 1. The van der Waals surface area contributed by atoms with E-state index in [4.69, 9.17) is 28.9 Å². The first-order valence-electron chi connectivity index (χ1n) is 6.76. The molecule has 0 aromatic heterocycles. The fourth-order valence-electron chi connectivity index (χ4n) is 2.18. The number of hydrogen-bond donors (Lipinski definition) is 1. The second kappa shape index (κ2) is 7.08. The summed E-state index contributed by atoms with van der Waals surface area (Å²) in [5.74, 6) is -0.174. The number of benzene rings is 2. The number of nitrogens with two attached hydrogens (primary N) is 1. The van der Waals surface area contributed by atoms with Crippen molar-refractivity contribution in [3.05, 3.63) is 69.7 Å². The topological polar surface area (TPSA) is 43.1 Å². The largest absolute Gasteiger partial charge is 0.323 e. The van der Waals surface area contributed by atoms with Gasteiger partial charge in [0.15, 0.2) is 0 Å². The van der Waals surface area contributed by atoms with E-state index in [1.165, 1.54) is 0 Å². The molecule has 0 saturated carbocycles. The number of hydrogen-bond acceptors (Lipinski definition) is 2. The summed E-state index contributed by atoms with van der Waals surface area (Å²) >= 11 is 11.8. The fourth-order valence-corrected chi connectivity index (χ4v) is 2.50. The summed E-state index contributed by atoms with van der Waals surface area (Å²) in [6.45, 7) is 1.86. The van der Waals surface area contributed by atoms with Crippen molar-refractivity contribution in [2.45, 2.75) is 19.4 Å². The summed E-state index contributed by atoms with van der Waals surface area (Å²) in [7, 11) is 0. The van der Waals surface area contributed by atoms with E-state index in [2.05, 4.69) is 0 Å². The summed E-state index contributed by atoms with van der Waals surface area (Å²) in [4.78, 5) is 12.4. The summed E-state index contributed by atoms with van der Waals surface area (Å²) in [5, 5.41) is 0.948. The second-order valence-electron chi connectivity index (χ2n) is 5.12. The Bertz CT molecular complexity index is 628. The Morgan fingerprint density at radius 3 is 2.38 bits per heavy atom. The first kappa shape index (κ1) is 16.0. The highest BCUT2D eigenvalue weighted by Crippen LogP contribution is 2.25. The van der Waals surface area contributed by atoms with Gasteiger partial charge in [-0.2, -0.15) is 0 Å². The van der Waals surface area contributed by atoms with Crippen molar-refractivity contribution in [3.8, 4) is 0 Å². The molecule has 0 aliphatic heterocycles. The second-order valence-corrected chi connectivity index (χ2v) is 5.93. The maximum Gasteiger partial charge on any atom is 0.141 e. The molecular weight excluding hydrogens is 305 g/mol. The van der Waals surface area contributed by atoms with E-state index in [1.54, 1.807) is 12.1 Å². The van der Waals surface area contributed by atoms with Crippen molar-refractivity contribution < 1.29 is 4.79 Å². The molecule has 2 unspecified atom stereocenters. The molecule has 4 heteroatoms. The molecule has 0 fully saturated rings. The summed E-state index contributed by atoms with van der Waals surface area (Å²) in [5.41, 5.74) is 7.99. The Hall–Kier alpha value is -1.35. The van der Waals surface area contributed by atoms with Crippen molar-refractivity contribution in [1.82, 2.24) is 0 Å². The van der Waals surface area contributed by atoms with Crippen LogP contribution in [0.25, 0.3) is 0 Å². The van der Waals surface area contributed by atoms with Crippen LogP contribution in [0.2, 0.25) is 10.0 Å². The average Bonchev–Trinajstić information content (AvgIpc) is 2.50. The highest BCUT2D eigenvalue weighted by molar-refractivity contribution is 6.42. The van der Waals surface area contributed by atoms with Crippen molar-refractivity contribution in [3.63, 3.8) is 0 Å². The summed E-state index contributed by atoms with van der Waals surface area (Å²) in [6.07, 6.45) is 0.304. The molecule has 110 valence electrons. The molecule has 0 spiro atoms. The van der Waals surface area contributed by atoms with Crippen LogP contribution >= 0.6 is 23.2 Å². The molecule has 2 aromatic rings. The normalized spacial score (nSPS) is 13.7. The van der Waals surface area contributed by atoms with Gasteiger partial charge in [-0.3, -0.25) is 4.79 Å². The van der Waals surface area contributed by atoms with Crippen LogP contribution in [0.5, 0.6) is 0 Å². The lowest BCUT2D eigenvalue weighted by atomic mass is 9.89. The van der Waals surface area contributed by atoms with Gasteiger partial charge in [-0.1, -0.05) is 66.5 Å². The smallest absolute Gasteiger partial charge is 0.141 e. The lowest BCUT2D eigenvalue weighted by Gasteiger charge is -2.19. The van der Waals surface area contributed by atoms with Crippen molar-refractivity contribution >= 4 is 29.0 Å². The quantitative estimate of drug-likeness (QED) is 0.884. The van der Waals surface area contributed by atoms with E-state index in [9.17, 15) is 4.79 Å². The molecule has 2 rings (SSSR count). The van der Waals surface area contributed by atoms with Crippen LogP contribution in [0.15, 0.2) is 48.5 Å². The van der Waals surface area contributed by atoms with Gasteiger partial charge in [-0.15, -0.1) is 0 Å². The minimum absolute atomic E-state index is 0.0877. The van der Waals surface area contributed by atoms with Crippen molar-refractivity contribution in [2.24, 2.45) is 11.7 Å². The van der Waals surface area contributed by atoms with E-state index >= 15 is 0 Å². The van der Waals surface area contributed by atoms with Gasteiger partial charge in [0.25, 0.3) is 0 Å². The molecule has 2 aromatic carbocycles. The van der Waals surface area contributed by atoms with Crippen LogP contribution in [0, 0.1) is 5.92 Å². The van der Waals surface area contributed by atoms with E-state index in [-0.39, 0.29) is 17.7 Å². The zero-order valence-corrected chi connectivity index (χ0v) is 13.2. The van der Waals surface area contributed by atoms with Crippen LogP contribution in [0.3, 0.4) is 0 Å². The Kier molecular flexibility index (Phi) is 5.40. The molecule has 0 amide bonds. The molecule has 21 heavy (non-hydrogen) atoms. The monoisotopic (exact) mass is 321 g/mol. The standard InChI is InChI=1S/C17H17Cl2NO/c1-11(17(20)13-5-3-2-4-6-13)16(21)10-12-7-8-14(18)15(19)9-12/h2-9,11,17H,10,20H2,1H3. The van der Waals surface area contributed by atoms with E-state index in [0.29, 0.717) is 16.5 Å². The Balaban J connectivity index is 2.07. The molecule has 0 heterocycles. The van der Waals surface area contributed by atoms with Crippen LogP contribution in [-0.4, -0.2) is 5.78 Å². The number of halogens is 2. The number of carbonyl (C=O) groups excluding carboxylic acids is 1. The van der Waals surface area contributed by atoms with E-state index in [0.717, 1.165) is 11.1 Å². The highest BCUT2D eigenvalue weighted by atomic mass is 35.5. The summed E-state index contributed by atoms with van der Waals surface area (Å²) < 4.78 is 0. The lowest BCUT2D eigenvalue weighted by molar-refractivity contribution is -0.122. The molecule has 0 radical (unpaired) electrons. The van der Waals surface area contributed by atoms with Gasteiger partial charge in [0.05, 0.1) is 10.0 Å². The number of rotatable bonds is 5. The molecule has 0 saturated heterocycles. The molecule has 0 aliphatic carbocycles. The molecule has 2 atom stereocenters. The molecule has 2 N–H and O–H groups in total. The lowest BCUT2D eigenvalue weighted by Crippen LogP contribution is -2.27. The summed E-state index contributed by atoms with van der Waals surface area (Å²) in [6, 6.07) is 14.6. The Morgan fingerprint density at radius 2 is 1.76 bits per heavy atom. The zero-order valence-electron chi connectivity index (χ0n) is 11.7. The third-order valence-electron chi connectivity index (χ3n) is 3.59.